The van der Waals surface area contributed by atoms with Gasteiger partial charge in [0.05, 0.1) is 11.9 Å². The van der Waals surface area contributed by atoms with E-state index < -0.39 is 5.97 Å². The van der Waals surface area contributed by atoms with Gasteiger partial charge in [0.15, 0.2) is 10.8 Å². The van der Waals surface area contributed by atoms with E-state index in [0.717, 1.165) is 11.3 Å². The van der Waals surface area contributed by atoms with Crippen LogP contribution in [0, 0.1) is 13.8 Å². The van der Waals surface area contributed by atoms with Crippen molar-refractivity contribution >= 4 is 28.1 Å². The molecule has 0 aliphatic rings. The molecule has 2 aromatic rings. The highest BCUT2D eigenvalue weighted by molar-refractivity contribution is 7.15. The van der Waals surface area contributed by atoms with E-state index in [1.807, 2.05) is 13.0 Å². The number of rotatable bonds is 3. The van der Waals surface area contributed by atoms with E-state index in [0.29, 0.717) is 10.0 Å². The molecule has 0 spiro atoms. The number of pyridine rings is 1. The summed E-state index contributed by atoms with van der Waals surface area (Å²) in [5, 5.41) is 12.5. The first kappa shape index (κ1) is 11.5. The fraction of sp³-hybridized carbons (Fsp3) is 0.182. The van der Waals surface area contributed by atoms with Gasteiger partial charge in [0, 0.05) is 11.1 Å². The van der Waals surface area contributed by atoms with Gasteiger partial charge in [-0.25, -0.2) is 9.78 Å². The summed E-state index contributed by atoms with van der Waals surface area (Å²) in [5.74, 6) is -1.01. The molecule has 2 rings (SSSR count). The molecule has 0 amide bonds. The highest BCUT2D eigenvalue weighted by Crippen LogP contribution is 2.25. The fourth-order valence-electron chi connectivity index (χ4n) is 1.40. The number of thiazole rings is 1. The molecule has 0 aliphatic carbocycles. The van der Waals surface area contributed by atoms with Crippen LogP contribution in [0.4, 0.5) is 10.8 Å². The zero-order valence-electron chi connectivity index (χ0n) is 9.39. The van der Waals surface area contributed by atoms with Crippen molar-refractivity contribution in [2.24, 2.45) is 0 Å². The quantitative estimate of drug-likeness (QED) is 0.874. The second kappa shape index (κ2) is 4.50. The Morgan fingerprint density at radius 1 is 1.41 bits per heavy atom. The van der Waals surface area contributed by atoms with Crippen LogP contribution in [0.3, 0.4) is 0 Å². The third-order valence-corrected chi connectivity index (χ3v) is 3.01. The van der Waals surface area contributed by atoms with Gasteiger partial charge in [0.1, 0.15) is 0 Å². The molecule has 0 atom stereocenters. The van der Waals surface area contributed by atoms with E-state index in [2.05, 4.69) is 15.3 Å². The molecule has 0 fully saturated rings. The zero-order valence-corrected chi connectivity index (χ0v) is 10.2. The molecule has 5 nitrogen and oxygen atoms in total. The predicted octanol–water partition coefficient (Wildman–Crippen LogP) is 2.60. The summed E-state index contributed by atoms with van der Waals surface area (Å²) in [4.78, 5) is 19.6. The Morgan fingerprint density at radius 2 is 2.18 bits per heavy atom. The van der Waals surface area contributed by atoms with E-state index in [1.165, 1.54) is 11.3 Å². The average Bonchev–Trinajstić information content (AvgIpc) is 2.59. The largest absolute Gasteiger partial charge is 0.476 e. The van der Waals surface area contributed by atoms with Crippen molar-refractivity contribution in [1.82, 2.24) is 9.97 Å². The third kappa shape index (κ3) is 2.59. The van der Waals surface area contributed by atoms with Crippen LogP contribution < -0.4 is 5.32 Å². The van der Waals surface area contributed by atoms with Gasteiger partial charge in [-0.05, 0) is 25.5 Å². The summed E-state index contributed by atoms with van der Waals surface area (Å²) < 4.78 is 0. The Bertz CT molecular complexity index is 566. The molecule has 2 aromatic heterocycles. The lowest BCUT2D eigenvalue weighted by Crippen LogP contribution is -1.99. The van der Waals surface area contributed by atoms with Crippen LogP contribution in [0.2, 0.25) is 0 Å². The molecule has 0 bridgehead atoms. The van der Waals surface area contributed by atoms with Crippen molar-refractivity contribution in [1.29, 1.82) is 0 Å². The summed E-state index contributed by atoms with van der Waals surface area (Å²) in [5.41, 5.74) is 1.93. The van der Waals surface area contributed by atoms with Crippen LogP contribution in [0.25, 0.3) is 0 Å². The number of aromatic carboxylic acids is 1. The molecule has 0 aromatic carbocycles. The van der Waals surface area contributed by atoms with E-state index >= 15 is 0 Å². The van der Waals surface area contributed by atoms with Crippen molar-refractivity contribution in [2.45, 2.75) is 13.8 Å². The minimum Gasteiger partial charge on any atom is -0.476 e. The smallest absolute Gasteiger partial charge is 0.355 e. The van der Waals surface area contributed by atoms with Gasteiger partial charge in [-0.1, -0.05) is 0 Å². The SMILES string of the molecule is Cc1cncc(Nc2nc(C(=O)O)c(C)s2)c1. The molecule has 2 heterocycles. The lowest BCUT2D eigenvalue weighted by Gasteiger charge is -2.01. The van der Waals surface area contributed by atoms with Crippen molar-refractivity contribution < 1.29 is 9.90 Å². The zero-order chi connectivity index (χ0) is 12.4. The third-order valence-electron chi connectivity index (χ3n) is 2.13. The Balaban J connectivity index is 2.25. The van der Waals surface area contributed by atoms with Gasteiger partial charge < -0.3 is 10.4 Å². The molecule has 0 aliphatic heterocycles. The Hall–Kier alpha value is -1.95. The van der Waals surface area contributed by atoms with Crippen molar-refractivity contribution in [2.75, 3.05) is 5.32 Å². The van der Waals surface area contributed by atoms with Gasteiger partial charge in [-0.15, -0.1) is 11.3 Å². The number of hydrogen-bond acceptors (Lipinski definition) is 5. The van der Waals surface area contributed by atoms with Crippen molar-refractivity contribution in [3.63, 3.8) is 0 Å². The predicted molar refractivity (Wildman–Crippen MR) is 66.1 cm³/mol. The number of carboxylic acids is 1. The number of aromatic nitrogens is 2. The number of carboxylic acid groups (broad SMARTS) is 1. The molecule has 88 valence electrons. The fourth-order valence-corrected chi connectivity index (χ4v) is 2.22. The summed E-state index contributed by atoms with van der Waals surface area (Å²) >= 11 is 1.31. The van der Waals surface area contributed by atoms with E-state index in [-0.39, 0.29) is 5.69 Å². The minimum atomic E-state index is -1.01. The molecule has 0 saturated heterocycles. The normalized spacial score (nSPS) is 10.2. The molecule has 2 N–H and O–H groups in total. The molecule has 0 unspecified atom stereocenters. The number of aryl methyl sites for hydroxylation is 2. The summed E-state index contributed by atoms with van der Waals surface area (Å²) in [6, 6.07) is 1.92. The lowest BCUT2D eigenvalue weighted by atomic mass is 10.3. The van der Waals surface area contributed by atoms with Gasteiger partial charge in [-0.2, -0.15) is 0 Å². The maximum Gasteiger partial charge on any atom is 0.355 e. The van der Waals surface area contributed by atoms with Gasteiger partial charge in [-0.3, -0.25) is 4.98 Å². The Morgan fingerprint density at radius 3 is 2.76 bits per heavy atom. The van der Waals surface area contributed by atoms with Crippen LogP contribution in [0.1, 0.15) is 20.9 Å². The van der Waals surface area contributed by atoms with Crippen LogP contribution in [0.5, 0.6) is 0 Å². The van der Waals surface area contributed by atoms with Gasteiger partial charge in [0.25, 0.3) is 0 Å². The number of nitrogens with zero attached hydrogens (tertiary/aromatic N) is 2. The van der Waals surface area contributed by atoms with Gasteiger partial charge >= 0.3 is 5.97 Å². The van der Waals surface area contributed by atoms with Crippen LogP contribution >= 0.6 is 11.3 Å². The van der Waals surface area contributed by atoms with Crippen molar-refractivity contribution in [3.8, 4) is 0 Å². The molecule has 17 heavy (non-hydrogen) atoms. The minimum absolute atomic E-state index is 0.0955. The van der Waals surface area contributed by atoms with E-state index in [4.69, 9.17) is 5.11 Å². The number of nitrogens with one attached hydrogen (secondary N) is 1. The van der Waals surface area contributed by atoms with Crippen LogP contribution in [0.15, 0.2) is 18.5 Å². The maximum atomic E-state index is 10.8. The molecular weight excluding hydrogens is 238 g/mol. The topological polar surface area (TPSA) is 75.1 Å². The Kier molecular flexibility index (Phi) is 3.06. The highest BCUT2D eigenvalue weighted by atomic mass is 32.1. The lowest BCUT2D eigenvalue weighted by molar-refractivity contribution is 0.0690. The first-order chi connectivity index (χ1) is 8.06. The number of anilines is 2. The first-order valence-electron chi connectivity index (χ1n) is 4.95. The highest BCUT2D eigenvalue weighted by Gasteiger charge is 2.13. The molecule has 0 saturated carbocycles. The molecule has 0 radical (unpaired) electrons. The second-order valence-corrected chi connectivity index (χ2v) is 4.81. The first-order valence-corrected chi connectivity index (χ1v) is 5.77. The summed E-state index contributed by atoms with van der Waals surface area (Å²) in [7, 11) is 0. The second-order valence-electron chi connectivity index (χ2n) is 3.60. The standard InChI is InChI=1S/C11H11N3O2S/c1-6-3-8(5-12-4-6)13-11-14-9(10(15)16)7(2)17-11/h3-5H,1-2H3,(H,13,14)(H,15,16). The molecular formula is C11H11N3O2S. The van der Waals surface area contributed by atoms with Gasteiger partial charge in [0.2, 0.25) is 0 Å². The van der Waals surface area contributed by atoms with E-state index in [9.17, 15) is 4.79 Å². The summed E-state index contributed by atoms with van der Waals surface area (Å²) in [6.07, 6.45) is 3.42. The monoisotopic (exact) mass is 249 g/mol. The Labute approximate surface area is 102 Å². The van der Waals surface area contributed by atoms with Crippen LogP contribution in [-0.2, 0) is 0 Å². The van der Waals surface area contributed by atoms with Crippen molar-refractivity contribution in [3.05, 3.63) is 34.6 Å². The summed E-state index contributed by atoms with van der Waals surface area (Å²) in [6.45, 7) is 3.68. The number of hydrogen-bond donors (Lipinski definition) is 2. The number of carbonyl (C=O) groups is 1. The maximum absolute atomic E-state index is 10.8. The molecule has 6 heteroatoms. The van der Waals surface area contributed by atoms with Crippen LogP contribution in [-0.4, -0.2) is 21.0 Å². The average molecular weight is 249 g/mol. The van der Waals surface area contributed by atoms with E-state index in [1.54, 1.807) is 19.3 Å².